The zero-order valence-corrected chi connectivity index (χ0v) is 10.6. The van der Waals surface area contributed by atoms with Gasteiger partial charge in [0.05, 0.1) is 0 Å². The van der Waals surface area contributed by atoms with Crippen molar-refractivity contribution in [1.82, 2.24) is 5.32 Å². The maximum Gasteiger partial charge on any atom is 0.257 e. The molecular weight excluding hydrogens is 242 g/mol. The van der Waals surface area contributed by atoms with Crippen LogP contribution in [-0.2, 0) is 10.3 Å². The summed E-state index contributed by atoms with van der Waals surface area (Å²) in [5.74, 6) is 0. The molecule has 0 saturated carbocycles. The fourth-order valence-corrected chi connectivity index (χ4v) is 2.58. The van der Waals surface area contributed by atoms with Crippen molar-refractivity contribution in [3.8, 4) is 0 Å². The summed E-state index contributed by atoms with van der Waals surface area (Å²) in [5.41, 5.74) is 1.96. The molecule has 2 aromatic rings. The Balaban J connectivity index is 2.14. The van der Waals surface area contributed by atoms with Gasteiger partial charge < -0.3 is 10.1 Å². The van der Waals surface area contributed by atoms with Gasteiger partial charge in [-0.2, -0.15) is 0 Å². The fraction of sp³-hybridized carbons (Fsp3) is 0.133. The second-order valence-corrected chi connectivity index (χ2v) is 4.71. The lowest BCUT2D eigenvalue weighted by Crippen LogP contribution is -2.41. The number of hydrogen-bond donors (Lipinski definition) is 1. The Morgan fingerprint density at radius 1 is 0.889 bits per heavy atom. The molecule has 1 saturated heterocycles. The number of nitrogens with one attached hydrogen (secondary N) is 1. The first-order valence-electron chi connectivity index (χ1n) is 5.87. The SMILES string of the molecule is S=C1NC(c2ccccc2)(c2ccccc2)CO1. The van der Waals surface area contributed by atoms with Crippen molar-refractivity contribution >= 4 is 17.4 Å². The lowest BCUT2D eigenvalue weighted by Gasteiger charge is -2.28. The highest BCUT2D eigenvalue weighted by molar-refractivity contribution is 7.80. The molecule has 0 spiro atoms. The van der Waals surface area contributed by atoms with Crippen LogP contribution < -0.4 is 5.32 Å². The van der Waals surface area contributed by atoms with Crippen LogP contribution in [0.3, 0.4) is 0 Å². The van der Waals surface area contributed by atoms with Crippen LogP contribution in [0, 0.1) is 0 Å². The standard InChI is InChI=1S/C15H13NOS/c18-14-16-15(11-17-14,12-7-3-1-4-8-12)13-9-5-2-6-10-13/h1-10H,11H2,(H,16,18). The summed E-state index contributed by atoms with van der Waals surface area (Å²) < 4.78 is 5.50. The van der Waals surface area contributed by atoms with E-state index in [1.807, 2.05) is 36.4 Å². The molecule has 1 aliphatic heterocycles. The van der Waals surface area contributed by atoms with Crippen molar-refractivity contribution in [2.45, 2.75) is 5.54 Å². The molecule has 0 atom stereocenters. The Morgan fingerprint density at radius 3 is 1.78 bits per heavy atom. The van der Waals surface area contributed by atoms with Gasteiger partial charge in [0.2, 0.25) is 0 Å². The van der Waals surface area contributed by atoms with Gasteiger partial charge >= 0.3 is 0 Å². The Kier molecular flexibility index (Phi) is 2.76. The average molecular weight is 255 g/mol. The van der Waals surface area contributed by atoms with Crippen LogP contribution in [0.4, 0.5) is 0 Å². The molecule has 1 aliphatic rings. The molecule has 0 unspecified atom stereocenters. The third kappa shape index (κ3) is 1.77. The van der Waals surface area contributed by atoms with Crippen molar-refractivity contribution in [3.63, 3.8) is 0 Å². The van der Waals surface area contributed by atoms with Crippen LogP contribution in [0.1, 0.15) is 11.1 Å². The molecule has 0 aromatic heterocycles. The van der Waals surface area contributed by atoms with E-state index in [4.69, 9.17) is 17.0 Å². The Morgan fingerprint density at radius 2 is 1.39 bits per heavy atom. The Bertz CT molecular complexity index is 514. The van der Waals surface area contributed by atoms with Crippen molar-refractivity contribution in [2.75, 3.05) is 6.61 Å². The average Bonchev–Trinajstić information content (AvgIpc) is 2.84. The molecule has 2 aromatic carbocycles. The van der Waals surface area contributed by atoms with E-state index >= 15 is 0 Å². The van der Waals surface area contributed by atoms with Gasteiger partial charge in [0.1, 0.15) is 12.1 Å². The highest BCUT2D eigenvalue weighted by atomic mass is 32.1. The van der Waals surface area contributed by atoms with Gasteiger partial charge in [-0.15, -0.1) is 0 Å². The molecule has 0 amide bonds. The van der Waals surface area contributed by atoms with E-state index in [-0.39, 0.29) is 5.54 Å². The normalized spacial score (nSPS) is 17.0. The predicted octanol–water partition coefficient (Wildman–Crippen LogP) is 2.83. The molecule has 3 heteroatoms. The number of hydrogen-bond acceptors (Lipinski definition) is 2. The maximum absolute atomic E-state index is 5.50. The minimum atomic E-state index is -0.362. The highest BCUT2D eigenvalue weighted by Gasteiger charge is 2.40. The van der Waals surface area contributed by atoms with E-state index in [0.29, 0.717) is 11.8 Å². The van der Waals surface area contributed by atoms with Crippen LogP contribution in [0.5, 0.6) is 0 Å². The van der Waals surface area contributed by atoms with E-state index < -0.39 is 0 Å². The van der Waals surface area contributed by atoms with Gasteiger partial charge in [-0.3, -0.25) is 0 Å². The minimum Gasteiger partial charge on any atom is -0.468 e. The van der Waals surface area contributed by atoms with Crippen LogP contribution in [-0.4, -0.2) is 11.8 Å². The first-order valence-corrected chi connectivity index (χ1v) is 6.28. The van der Waals surface area contributed by atoms with Gasteiger partial charge in [-0.1, -0.05) is 60.7 Å². The molecule has 90 valence electrons. The number of rotatable bonds is 2. The van der Waals surface area contributed by atoms with Gasteiger partial charge in [0.15, 0.2) is 0 Å². The number of ether oxygens (including phenoxy) is 1. The highest BCUT2D eigenvalue weighted by Crippen LogP contribution is 2.33. The van der Waals surface area contributed by atoms with Crippen LogP contribution in [0.15, 0.2) is 60.7 Å². The molecule has 0 aliphatic carbocycles. The van der Waals surface area contributed by atoms with Gasteiger partial charge in [-0.25, -0.2) is 0 Å². The molecular formula is C15H13NOS. The van der Waals surface area contributed by atoms with Crippen molar-refractivity contribution < 1.29 is 4.74 Å². The lowest BCUT2D eigenvalue weighted by atomic mass is 9.84. The van der Waals surface area contributed by atoms with Crippen LogP contribution >= 0.6 is 12.2 Å². The van der Waals surface area contributed by atoms with E-state index in [9.17, 15) is 0 Å². The third-order valence-electron chi connectivity index (χ3n) is 3.27. The van der Waals surface area contributed by atoms with Gasteiger partial charge in [-0.05, 0) is 23.3 Å². The molecule has 1 heterocycles. The topological polar surface area (TPSA) is 21.3 Å². The summed E-state index contributed by atoms with van der Waals surface area (Å²) in [6, 6.07) is 20.5. The summed E-state index contributed by atoms with van der Waals surface area (Å²) in [6.45, 7) is 0.528. The predicted molar refractivity (Wildman–Crippen MR) is 75.3 cm³/mol. The Hall–Kier alpha value is -1.87. The van der Waals surface area contributed by atoms with Gasteiger partial charge in [0, 0.05) is 0 Å². The van der Waals surface area contributed by atoms with E-state index in [1.165, 1.54) is 0 Å². The van der Waals surface area contributed by atoms with Crippen molar-refractivity contribution in [2.24, 2.45) is 0 Å². The molecule has 0 bridgehead atoms. The molecule has 2 nitrogen and oxygen atoms in total. The smallest absolute Gasteiger partial charge is 0.257 e. The van der Waals surface area contributed by atoms with Crippen molar-refractivity contribution in [1.29, 1.82) is 0 Å². The Labute approximate surface area is 112 Å². The first kappa shape index (κ1) is 11.2. The summed E-state index contributed by atoms with van der Waals surface area (Å²) in [5, 5.41) is 3.77. The summed E-state index contributed by atoms with van der Waals surface area (Å²) in [6.07, 6.45) is 0. The molecule has 0 radical (unpaired) electrons. The van der Waals surface area contributed by atoms with Crippen LogP contribution in [0.2, 0.25) is 0 Å². The second kappa shape index (κ2) is 4.42. The van der Waals surface area contributed by atoms with E-state index in [0.717, 1.165) is 11.1 Å². The number of thiocarbonyl (C=S) groups is 1. The number of benzene rings is 2. The monoisotopic (exact) mass is 255 g/mol. The van der Waals surface area contributed by atoms with Crippen molar-refractivity contribution in [3.05, 3.63) is 71.8 Å². The van der Waals surface area contributed by atoms with E-state index in [1.54, 1.807) is 0 Å². The fourth-order valence-electron chi connectivity index (χ4n) is 2.34. The molecule has 3 rings (SSSR count). The maximum atomic E-state index is 5.50. The quantitative estimate of drug-likeness (QED) is 0.834. The summed E-state index contributed by atoms with van der Waals surface area (Å²) in [4.78, 5) is 0. The second-order valence-electron chi connectivity index (χ2n) is 4.34. The van der Waals surface area contributed by atoms with E-state index in [2.05, 4.69) is 29.6 Å². The largest absolute Gasteiger partial charge is 0.468 e. The first-order chi connectivity index (χ1) is 8.81. The molecule has 18 heavy (non-hydrogen) atoms. The minimum absolute atomic E-state index is 0.362. The summed E-state index contributed by atoms with van der Waals surface area (Å²) in [7, 11) is 0. The molecule has 1 fully saturated rings. The van der Waals surface area contributed by atoms with Gasteiger partial charge in [0.25, 0.3) is 5.17 Å². The summed E-state index contributed by atoms with van der Waals surface area (Å²) >= 11 is 5.13. The lowest BCUT2D eigenvalue weighted by molar-refractivity contribution is 0.295. The van der Waals surface area contributed by atoms with Crippen LogP contribution in [0.25, 0.3) is 0 Å². The molecule has 1 N–H and O–H groups in total. The zero-order valence-electron chi connectivity index (χ0n) is 9.80. The third-order valence-corrected chi connectivity index (χ3v) is 3.49. The zero-order chi connectivity index (χ0) is 12.4.